The van der Waals surface area contributed by atoms with Gasteiger partial charge >= 0.3 is 0 Å². The van der Waals surface area contributed by atoms with Crippen LogP contribution in [0.4, 0.5) is 10.1 Å². The van der Waals surface area contributed by atoms with E-state index in [-0.39, 0.29) is 11.9 Å². The van der Waals surface area contributed by atoms with Crippen molar-refractivity contribution in [1.29, 1.82) is 0 Å². The number of fused-ring (bicyclic) bond motifs is 1. The van der Waals surface area contributed by atoms with Gasteiger partial charge in [0.2, 0.25) is 0 Å². The van der Waals surface area contributed by atoms with Crippen molar-refractivity contribution in [3.05, 3.63) is 78.0 Å². The molecule has 0 saturated carbocycles. The summed E-state index contributed by atoms with van der Waals surface area (Å²) in [5.41, 5.74) is 17.5. The lowest BCUT2D eigenvalue weighted by Gasteiger charge is -2.48. The lowest BCUT2D eigenvalue weighted by atomic mass is 10.1. The molecule has 7 heteroatoms. The van der Waals surface area contributed by atoms with Crippen molar-refractivity contribution >= 4 is 5.69 Å². The molecule has 2 unspecified atom stereocenters. The van der Waals surface area contributed by atoms with Gasteiger partial charge in [-0.3, -0.25) is 10.7 Å². The Morgan fingerprint density at radius 3 is 2.48 bits per heavy atom. The highest BCUT2D eigenvalue weighted by atomic mass is 19.1. The summed E-state index contributed by atoms with van der Waals surface area (Å²) in [5.74, 6) is -0.275. The molecule has 4 N–H and O–H groups in total. The second-order valence-electron chi connectivity index (χ2n) is 7.50. The Morgan fingerprint density at radius 2 is 1.83 bits per heavy atom. The van der Waals surface area contributed by atoms with Crippen LogP contribution < -0.4 is 16.4 Å². The first-order chi connectivity index (χ1) is 14.0. The Bertz CT molecular complexity index is 976. The van der Waals surface area contributed by atoms with E-state index in [9.17, 15) is 4.39 Å². The van der Waals surface area contributed by atoms with Gasteiger partial charge < -0.3 is 10.6 Å². The van der Waals surface area contributed by atoms with Gasteiger partial charge in [0.15, 0.2) is 0 Å². The maximum absolute atomic E-state index is 13.3. The van der Waals surface area contributed by atoms with Crippen LogP contribution in [0.25, 0.3) is 11.3 Å². The highest BCUT2D eigenvalue weighted by Crippen LogP contribution is 2.37. The van der Waals surface area contributed by atoms with Crippen molar-refractivity contribution in [3.63, 3.8) is 0 Å². The van der Waals surface area contributed by atoms with E-state index < -0.39 is 12.5 Å². The number of halogens is 1. The average Bonchev–Trinajstić information content (AvgIpc) is 2.72. The Labute approximate surface area is 170 Å². The summed E-state index contributed by atoms with van der Waals surface area (Å²) in [4.78, 5) is 13.2. The number of hydrogen-bond donors (Lipinski definition) is 2. The fourth-order valence-electron chi connectivity index (χ4n) is 3.81. The third-order valence-corrected chi connectivity index (χ3v) is 5.25. The fraction of sp³-hybridized carbons (Fsp3) is 0.273. The Kier molecular flexibility index (Phi) is 5.27. The van der Waals surface area contributed by atoms with Gasteiger partial charge in [-0.15, -0.1) is 0 Å². The molecule has 2 aromatic heterocycles. The molecule has 0 amide bonds. The van der Waals surface area contributed by atoms with Crippen molar-refractivity contribution in [2.45, 2.75) is 38.9 Å². The van der Waals surface area contributed by atoms with Crippen LogP contribution >= 0.6 is 0 Å². The minimum Gasteiger partial charge on any atom is -0.337 e. The van der Waals surface area contributed by atoms with E-state index in [2.05, 4.69) is 23.7 Å². The second-order valence-corrected chi connectivity index (χ2v) is 7.50. The first-order valence-electron chi connectivity index (χ1n) is 9.66. The molecule has 1 aromatic carbocycles. The molecule has 0 fully saturated rings. The molecule has 0 bridgehead atoms. The molecule has 150 valence electrons. The van der Waals surface area contributed by atoms with E-state index in [0.29, 0.717) is 6.54 Å². The third-order valence-electron chi connectivity index (χ3n) is 5.25. The smallest absolute Gasteiger partial charge is 0.137 e. The molecular weight excluding hydrogens is 367 g/mol. The lowest BCUT2D eigenvalue weighted by Crippen LogP contribution is -2.62. The second kappa shape index (κ2) is 7.87. The number of hydrogen-bond acceptors (Lipinski definition) is 6. The normalized spacial score (nSPS) is 19.4. The van der Waals surface area contributed by atoms with E-state index in [4.69, 9.17) is 16.5 Å². The number of nitrogens with two attached hydrogens (primary N) is 2. The summed E-state index contributed by atoms with van der Waals surface area (Å²) in [5, 5.41) is 0. The predicted molar refractivity (Wildman–Crippen MR) is 112 cm³/mol. The number of nitrogens with zero attached hydrogens (tertiary/aromatic N) is 4. The van der Waals surface area contributed by atoms with Gasteiger partial charge in [-0.25, -0.2) is 14.3 Å². The largest absolute Gasteiger partial charge is 0.337 e. The summed E-state index contributed by atoms with van der Waals surface area (Å²) in [6.07, 6.45) is 2.75. The highest BCUT2D eigenvalue weighted by molar-refractivity contribution is 5.65. The van der Waals surface area contributed by atoms with Crippen LogP contribution in [0.5, 0.6) is 0 Å². The highest BCUT2D eigenvalue weighted by Gasteiger charge is 2.38. The van der Waals surface area contributed by atoms with E-state index >= 15 is 0 Å². The van der Waals surface area contributed by atoms with Gasteiger partial charge in [-0.1, -0.05) is 6.07 Å². The zero-order chi connectivity index (χ0) is 20.5. The first-order valence-corrected chi connectivity index (χ1v) is 9.66. The SMILES string of the molecule is CC(C)N1C(N)c2nc(-c3ccc(F)cc3)ccc2N(Cc2cccnc2)C1N. The summed E-state index contributed by atoms with van der Waals surface area (Å²) >= 11 is 0. The van der Waals surface area contributed by atoms with Crippen LogP contribution in [0.1, 0.15) is 31.3 Å². The molecule has 1 aliphatic heterocycles. The summed E-state index contributed by atoms with van der Waals surface area (Å²) in [7, 11) is 0. The van der Waals surface area contributed by atoms with Gasteiger partial charge in [-0.05, 0) is 61.9 Å². The molecule has 3 heterocycles. The summed E-state index contributed by atoms with van der Waals surface area (Å²) in [6.45, 7) is 4.73. The molecule has 3 aromatic rings. The Morgan fingerprint density at radius 1 is 1.07 bits per heavy atom. The topological polar surface area (TPSA) is 84.3 Å². The molecule has 1 aliphatic rings. The van der Waals surface area contributed by atoms with E-state index in [1.807, 2.05) is 35.4 Å². The number of rotatable bonds is 4. The van der Waals surface area contributed by atoms with Crippen LogP contribution in [0.2, 0.25) is 0 Å². The van der Waals surface area contributed by atoms with Crippen molar-refractivity contribution in [2.75, 3.05) is 4.90 Å². The zero-order valence-corrected chi connectivity index (χ0v) is 16.5. The van der Waals surface area contributed by atoms with E-state index in [0.717, 1.165) is 28.2 Å². The predicted octanol–water partition coefficient (Wildman–Crippen LogP) is 3.21. The van der Waals surface area contributed by atoms with Crippen LogP contribution in [0, 0.1) is 5.82 Å². The van der Waals surface area contributed by atoms with Crippen LogP contribution in [-0.2, 0) is 6.54 Å². The molecule has 6 nitrogen and oxygen atoms in total. The Balaban J connectivity index is 1.78. The quantitative estimate of drug-likeness (QED) is 0.709. The number of pyridine rings is 2. The van der Waals surface area contributed by atoms with Crippen molar-refractivity contribution < 1.29 is 4.39 Å². The van der Waals surface area contributed by atoms with Crippen LogP contribution in [-0.4, -0.2) is 27.2 Å². The van der Waals surface area contributed by atoms with Gasteiger partial charge in [0.1, 0.15) is 18.3 Å². The molecule has 4 rings (SSSR count). The number of anilines is 1. The molecule has 0 spiro atoms. The van der Waals surface area contributed by atoms with E-state index in [1.165, 1.54) is 12.1 Å². The molecule has 2 atom stereocenters. The van der Waals surface area contributed by atoms with E-state index in [1.54, 1.807) is 18.3 Å². The van der Waals surface area contributed by atoms with Crippen LogP contribution in [0.3, 0.4) is 0 Å². The standard InChI is InChI=1S/C22H25FN6/c1-14(2)29-21(24)20-19(28(22(29)25)13-15-4-3-11-26-12-15)10-9-18(27-20)16-5-7-17(23)8-6-16/h3-12,14,21-22H,13,24-25H2,1-2H3. The Hall–Kier alpha value is -2.87. The number of benzene rings is 1. The van der Waals surface area contributed by atoms with Gasteiger partial charge in [0, 0.05) is 30.5 Å². The zero-order valence-electron chi connectivity index (χ0n) is 16.5. The van der Waals surface area contributed by atoms with Gasteiger partial charge in [0.25, 0.3) is 0 Å². The molecule has 29 heavy (non-hydrogen) atoms. The molecule has 0 aliphatic carbocycles. The maximum atomic E-state index is 13.3. The van der Waals surface area contributed by atoms with Gasteiger partial charge in [0.05, 0.1) is 17.1 Å². The molecule has 0 radical (unpaired) electrons. The monoisotopic (exact) mass is 392 g/mol. The first kappa shape index (κ1) is 19.4. The van der Waals surface area contributed by atoms with Crippen molar-refractivity contribution in [3.8, 4) is 11.3 Å². The lowest BCUT2D eigenvalue weighted by molar-refractivity contribution is 0.0820. The van der Waals surface area contributed by atoms with Crippen molar-refractivity contribution in [2.24, 2.45) is 11.5 Å². The minimum absolute atomic E-state index is 0.126. The number of aromatic nitrogens is 2. The minimum atomic E-state index is -0.439. The average molecular weight is 392 g/mol. The summed E-state index contributed by atoms with van der Waals surface area (Å²) in [6, 6.07) is 14.3. The summed E-state index contributed by atoms with van der Waals surface area (Å²) < 4.78 is 13.3. The maximum Gasteiger partial charge on any atom is 0.137 e. The molecular formula is C22H25FN6. The van der Waals surface area contributed by atoms with Crippen molar-refractivity contribution in [1.82, 2.24) is 14.9 Å². The third kappa shape index (κ3) is 3.72. The van der Waals surface area contributed by atoms with Gasteiger partial charge in [-0.2, -0.15) is 0 Å². The fourth-order valence-corrected chi connectivity index (χ4v) is 3.81. The molecule has 0 saturated heterocycles. The van der Waals surface area contributed by atoms with Crippen LogP contribution in [0.15, 0.2) is 60.9 Å².